The van der Waals surface area contributed by atoms with Crippen molar-refractivity contribution in [1.82, 2.24) is 23.3 Å². The molecule has 1 aromatic carbocycles. The van der Waals surface area contributed by atoms with Gasteiger partial charge in [-0.1, -0.05) is 0 Å². The summed E-state index contributed by atoms with van der Waals surface area (Å²) in [6.07, 6.45) is -0.0558. The first kappa shape index (κ1) is 25.4. The van der Waals surface area contributed by atoms with E-state index in [0.29, 0.717) is 22.7 Å². The summed E-state index contributed by atoms with van der Waals surface area (Å²) in [5.41, 5.74) is 0.867. The molecule has 4 rings (SSSR count). The summed E-state index contributed by atoms with van der Waals surface area (Å²) in [6, 6.07) is 9.47. The van der Waals surface area contributed by atoms with Crippen LogP contribution in [0.5, 0.6) is 5.75 Å². The number of nitrogens with zero attached hydrogens (tertiary/aromatic N) is 5. The van der Waals surface area contributed by atoms with Crippen molar-refractivity contribution in [3.8, 4) is 5.75 Å². The SMILES string of the molecule is COc1ccc(S(=O)(=O)N2CCN(C(=O)CCC(=O)Nc3ccc4c(n3)n(C)c(=O)n4C)CC2)cc1. The summed E-state index contributed by atoms with van der Waals surface area (Å²) >= 11 is 0. The maximum absolute atomic E-state index is 12.9. The Hall–Kier alpha value is -3.71. The van der Waals surface area contributed by atoms with Gasteiger partial charge in [0.1, 0.15) is 11.6 Å². The van der Waals surface area contributed by atoms with E-state index in [2.05, 4.69) is 10.3 Å². The van der Waals surface area contributed by atoms with Crippen LogP contribution >= 0.6 is 0 Å². The molecule has 0 atom stereocenters. The van der Waals surface area contributed by atoms with Crippen molar-refractivity contribution >= 4 is 38.8 Å². The van der Waals surface area contributed by atoms with Gasteiger partial charge >= 0.3 is 5.69 Å². The molecule has 192 valence electrons. The van der Waals surface area contributed by atoms with E-state index in [0.717, 1.165) is 0 Å². The molecule has 1 fully saturated rings. The van der Waals surface area contributed by atoms with Crippen molar-refractivity contribution in [2.24, 2.45) is 14.1 Å². The predicted molar refractivity (Wildman–Crippen MR) is 132 cm³/mol. The summed E-state index contributed by atoms with van der Waals surface area (Å²) in [4.78, 5) is 43.1. The average Bonchev–Trinajstić information content (AvgIpc) is 3.10. The molecule has 1 aliphatic rings. The molecule has 0 spiro atoms. The Morgan fingerprint density at radius 1 is 0.972 bits per heavy atom. The lowest BCUT2D eigenvalue weighted by Gasteiger charge is -2.34. The van der Waals surface area contributed by atoms with Crippen molar-refractivity contribution in [3.05, 3.63) is 46.9 Å². The highest BCUT2D eigenvalue weighted by Gasteiger charge is 2.30. The number of hydrogen-bond donors (Lipinski definition) is 1. The number of piperazine rings is 1. The molecule has 0 aliphatic carbocycles. The van der Waals surface area contributed by atoms with Gasteiger partial charge < -0.3 is 15.0 Å². The molecule has 0 bridgehead atoms. The molecule has 1 N–H and O–H groups in total. The Bertz CT molecular complexity index is 1450. The molecule has 0 saturated carbocycles. The van der Waals surface area contributed by atoms with Crippen molar-refractivity contribution in [2.75, 3.05) is 38.6 Å². The molecule has 1 saturated heterocycles. The first-order valence-electron chi connectivity index (χ1n) is 11.4. The first-order valence-corrected chi connectivity index (χ1v) is 12.8. The molecular weight excluding hydrogens is 488 g/mol. The van der Waals surface area contributed by atoms with Crippen LogP contribution in [0.25, 0.3) is 11.2 Å². The highest BCUT2D eigenvalue weighted by molar-refractivity contribution is 7.89. The Morgan fingerprint density at radius 3 is 2.28 bits per heavy atom. The fourth-order valence-electron chi connectivity index (χ4n) is 4.10. The number of carbonyl (C=O) groups excluding carboxylic acids is 2. The Balaban J connectivity index is 1.28. The van der Waals surface area contributed by atoms with Crippen molar-refractivity contribution < 1.29 is 22.7 Å². The standard InChI is InChI=1S/C23H28N6O6S/c1-26-18-8-9-19(25-22(18)27(2)23(26)32)24-20(30)10-11-21(31)28-12-14-29(15-13-28)36(33,34)17-6-4-16(35-3)5-7-17/h4-9H,10-15H2,1-3H3,(H,24,25,30). The third kappa shape index (κ3) is 4.97. The van der Waals surface area contributed by atoms with Crippen LogP contribution in [-0.4, -0.2) is 76.8 Å². The van der Waals surface area contributed by atoms with E-state index in [4.69, 9.17) is 4.74 Å². The van der Waals surface area contributed by atoms with Crippen LogP contribution < -0.4 is 15.7 Å². The molecule has 3 heterocycles. The minimum Gasteiger partial charge on any atom is -0.497 e. The number of anilines is 1. The molecule has 36 heavy (non-hydrogen) atoms. The van der Waals surface area contributed by atoms with Gasteiger partial charge in [-0.3, -0.25) is 18.7 Å². The summed E-state index contributed by atoms with van der Waals surface area (Å²) in [5, 5.41) is 2.66. The van der Waals surface area contributed by atoms with E-state index >= 15 is 0 Å². The maximum atomic E-state index is 12.9. The second-order valence-corrected chi connectivity index (χ2v) is 10.4. The van der Waals surface area contributed by atoms with Gasteiger partial charge in [-0.05, 0) is 36.4 Å². The zero-order valence-corrected chi connectivity index (χ0v) is 21.1. The number of rotatable bonds is 7. The summed E-state index contributed by atoms with van der Waals surface area (Å²) in [7, 11) is 1.08. The Morgan fingerprint density at radius 2 is 1.64 bits per heavy atom. The number of nitrogens with one attached hydrogen (secondary N) is 1. The Labute approximate surface area is 208 Å². The molecule has 0 unspecified atom stereocenters. The molecule has 0 radical (unpaired) electrons. The van der Waals surface area contributed by atoms with E-state index in [1.165, 1.54) is 32.7 Å². The fraction of sp³-hybridized carbons (Fsp3) is 0.391. The van der Waals surface area contributed by atoms with E-state index in [1.54, 1.807) is 43.3 Å². The highest BCUT2D eigenvalue weighted by Crippen LogP contribution is 2.21. The second kappa shape index (κ2) is 10.1. The number of aryl methyl sites for hydroxylation is 2. The number of pyridine rings is 1. The number of imidazole rings is 1. The minimum absolute atomic E-state index is 0.0108. The molecule has 2 amide bonds. The van der Waals surface area contributed by atoms with E-state index in [1.807, 2.05) is 0 Å². The van der Waals surface area contributed by atoms with E-state index < -0.39 is 10.0 Å². The number of amides is 2. The Kier molecular flexibility index (Phi) is 7.13. The molecule has 13 heteroatoms. The first-order chi connectivity index (χ1) is 17.1. The summed E-state index contributed by atoms with van der Waals surface area (Å²) < 4.78 is 35.0. The van der Waals surface area contributed by atoms with Gasteiger partial charge in [-0.15, -0.1) is 0 Å². The monoisotopic (exact) mass is 516 g/mol. The van der Waals surface area contributed by atoms with Gasteiger partial charge in [0.25, 0.3) is 0 Å². The van der Waals surface area contributed by atoms with Crippen molar-refractivity contribution in [2.45, 2.75) is 17.7 Å². The number of fused-ring (bicyclic) bond motifs is 1. The van der Waals surface area contributed by atoms with Gasteiger partial charge in [0, 0.05) is 53.1 Å². The van der Waals surface area contributed by atoms with Crippen LogP contribution in [0.3, 0.4) is 0 Å². The number of sulfonamides is 1. The van der Waals surface area contributed by atoms with Crippen LogP contribution in [0.2, 0.25) is 0 Å². The predicted octanol–water partition coefficient (Wildman–Crippen LogP) is 0.532. The maximum Gasteiger partial charge on any atom is 0.329 e. The second-order valence-electron chi connectivity index (χ2n) is 8.45. The van der Waals surface area contributed by atoms with Crippen LogP contribution in [0.15, 0.2) is 46.1 Å². The van der Waals surface area contributed by atoms with E-state index in [-0.39, 0.29) is 61.4 Å². The van der Waals surface area contributed by atoms with Gasteiger partial charge in [0.05, 0.1) is 17.5 Å². The molecule has 2 aromatic heterocycles. The lowest BCUT2D eigenvalue weighted by Crippen LogP contribution is -2.50. The van der Waals surface area contributed by atoms with Crippen LogP contribution in [0.4, 0.5) is 5.82 Å². The number of carbonyl (C=O) groups is 2. The van der Waals surface area contributed by atoms with Gasteiger partial charge in [-0.25, -0.2) is 18.2 Å². The number of benzene rings is 1. The normalized spacial score (nSPS) is 14.7. The zero-order chi connectivity index (χ0) is 26.0. The van der Waals surface area contributed by atoms with Crippen LogP contribution in [-0.2, 0) is 33.7 Å². The smallest absolute Gasteiger partial charge is 0.329 e. The van der Waals surface area contributed by atoms with E-state index in [9.17, 15) is 22.8 Å². The van der Waals surface area contributed by atoms with Crippen molar-refractivity contribution in [3.63, 3.8) is 0 Å². The van der Waals surface area contributed by atoms with Crippen LogP contribution in [0, 0.1) is 0 Å². The van der Waals surface area contributed by atoms with Crippen LogP contribution in [0.1, 0.15) is 12.8 Å². The highest BCUT2D eigenvalue weighted by atomic mass is 32.2. The quantitative estimate of drug-likeness (QED) is 0.484. The number of aromatic nitrogens is 3. The largest absolute Gasteiger partial charge is 0.497 e. The summed E-state index contributed by atoms with van der Waals surface area (Å²) in [5.74, 6) is 0.256. The third-order valence-corrected chi connectivity index (χ3v) is 8.14. The molecule has 1 aliphatic heterocycles. The third-order valence-electron chi connectivity index (χ3n) is 6.23. The number of methoxy groups -OCH3 is 1. The summed E-state index contributed by atoms with van der Waals surface area (Å²) in [6.45, 7) is 0.838. The molecule has 12 nitrogen and oxygen atoms in total. The lowest BCUT2D eigenvalue weighted by molar-refractivity contribution is -0.133. The van der Waals surface area contributed by atoms with Gasteiger partial charge in [0.15, 0.2) is 5.65 Å². The molecular formula is C23H28N6O6S. The minimum atomic E-state index is -3.67. The number of ether oxygens (including phenoxy) is 1. The van der Waals surface area contributed by atoms with Gasteiger partial charge in [0.2, 0.25) is 21.8 Å². The fourth-order valence-corrected chi connectivity index (χ4v) is 5.52. The topological polar surface area (TPSA) is 136 Å². The average molecular weight is 517 g/mol. The molecule has 3 aromatic rings. The van der Waals surface area contributed by atoms with Crippen molar-refractivity contribution in [1.29, 1.82) is 0 Å². The zero-order valence-electron chi connectivity index (χ0n) is 20.3. The van der Waals surface area contributed by atoms with Gasteiger partial charge in [-0.2, -0.15) is 4.31 Å². The number of hydrogen-bond acceptors (Lipinski definition) is 7. The lowest BCUT2D eigenvalue weighted by atomic mass is 10.2.